The molecule has 0 bridgehead atoms. The van der Waals surface area contributed by atoms with Crippen molar-refractivity contribution in [3.63, 3.8) is 0 Å². The van der Waals surface area contributed by atoms with Crippen molar-refractivity contribution in [3.8, 4) is 6.07 Å². The average Bonchev–Trinajstić information content (AvgIpc) is 2.69. The molecule has 1 aliphatic rings. The Bertz CT molecular complexity index is 330. The van der Waals surface area contributed by atoms with Crippen LogP contribution in [0.2, 0.25) is 0 Å². The topological polar surface area (TPSA) is 36.7 Å². The summed E-state index contributed by atoms with van der Waals surface area (Å²) in [7, 11) is 0. The summed E-state index contributed by atoms with van der Waals surface area (Å²) in [5.41, 5.74) is 0. The Hall–Kier alpha value is -0.400. The molecule has 0 spiro atoms. The van der Waals surface area contributed by atoms with Gasteiger partial charge in [0, 0.05) is 28.2 Å². The SMILES string of the molecule is N#CC1CC(Br)CC(c2nccs2)C1. The minimum absolute atomic E-state index is 0.196. The van der Waals surface area contributed by atoms with Gasteiger partial charge in [0.15, 0.2) is 0 Å². The third-order valence-electron chi connectivity index (χ3n) is 2.63. The van der Waals surface area contributed by atoms with Crippen LogP contribution in [0.4, 0.5) is 0 Å². The average molecular weight is 271 g/mol. The summed E-state index contributed by atoms with van der Waals surface area (Å²) >= 11 is 5.32. The lowest BCUT2D eigenvalue weighted by Gasteiger charge is -2.27. The van der Waals surface area contributed by atoms with Crippen LogP contribution < -0.4 is 0 Å². The number of nitriles is 1. The van der Waals surface area contributed by atoms with Crippen LogP contribution in [0.3, 0.4) is 0 Å². The Labute approximate surface area is 96.1 Å². The fourth-order valence-corrected chi connectivity index (χ4v) is 3.66. The molecular weight excluding hydrogens is 260 g/mol. The summed E-state index contributed by atoms with van der Waals surface area (Å²) in [6.07, 6.45) is 4.93. The molecule has 1 heterocycles. The first-order valence-electron chi connectivity index (χ1n) is 4.72. The normalized spacial score (nSPS) is 32.4. The quantitative estimate of drug-likeness (QED) is 0.735. The fraction of sp³-hybridized carbons (Fsp3) is 0.600. The van der Waals surface area contributed by atoms with Crippen molar-refractivity contribution in [1.29, 1.82) is 5.26 Å². The van der Waals surface area contributed by atoms with E-state index in [2.05, 4.69) is 27.0 Å². The summed E-state index contributed by atoms with van der Waals surface area (Å²) in [6.45, 7) is 0. The molecule has 0 aromatic carbocycles. The van der Waals surface area contributed by atoms with Crippen molar-refractivity contribution in [3.05, 3.63) is 16.6 Å². The summed E-state index contributed by atoms with van der Waals surface area (Å²) < 4.78 is 0. The minimum Gasteiger partial charge on any atom is -0.249 e. The largest absolute Gasteiger partial charge is 0.249 e. The molecule has 74 valence electrons. The van der Waals surface area contributed by atoms with Crippen LogP contribution in [0, 0.1) is 17.2 Å². The van der Waals surface area contributed by atoms with E-state index in [-0.39, 0.29) is 5.92 Å². The van der Waals surface area contributed by atoms with Crippen molar-refractivity contribution in [2.24, 2.45) is 5.92 Å². The molecule has 0 amide bonds. The summed E-state index contributed by atoms with van der Waals surface area (Å²) in [5, 5.41) is 12.1. The molecule has 2 rings (SSSR count). The first kappa shape index (κ1) is 10.1. The highest BCUT2D eigenvalue weighted by atomic mass is 79.9. The fourth-order valence-electron chi connectivity index (χ4n) is 1.99. The maximum absolute atomic E-state index is 8.94. The van der Waals surface area contributed by atoms with Gasteiger partial charge < -0.3 is 0 Å². The third kappa shape index (κ3) is 2.15. The molecule has 1 aliphatic carbocycles. The van der Waals surface area contributed by atoms with Crippen LogP contribution in [-0.2, 0) is 0 Å². The zero-order chi connectivity index (χ0) is 9.97. The van der Waals surface area contributed by atoms with Gasteiger partial charge in [-0.2, -0.15) is 5.26 Å². The van der Waals surface area contributed by atoms with Gasteiger partial charge in [0.1, 0.15) is 0 Å². The second-order valence-electron chi connectivity index (χ2n) is 3.70. The Morgan fingerprint density at radius 2 is 2.36 bits per heavy atom. The second-order valence-corrected chi connectivity index (χ2v) is 5.92. The second kappa shape index (κ2) is 4.41. The van der Waals surface area contributed by atoms with Gasteiger partial charge >= 0.3 is 0 Å². The van der Waals surface area contributed by atoms with Gasteiger partial charge in [0.05, 0.1) is 11.1 Å². The maximum atomic E-state index is 8.94. The summed E-state index contributed by atoms with van der Waals surface area (Å²) in [5.74, 6) is 0.680. The molecule has 14 heavy (non-hydrogen) atoms. The molecule has 0 radical (unpaired) electrons. The molecule has 0 aliphatic heterocycles. The van der Waals surface area contributed by atoms with E-state index in [0.29, 0.717) is 10.7 Å². The van der Waals surface area contributed by atoms with Crippen LogP contribution >= 0.6 is 27.3 Å². The van der Waals surface area contributed by atoms with E-state index in [4.69, 9.17) is 5.26 Å². The molecule has 0 saturated heterocycles. The van der Waals surface area contributed by atoms with Crippen molar-refractivity contribution in [1.82, 2.24) is 4.98 Å². The summed E-state index contributed by atoms with van der Waals surface area (Å²) in [4.78, 5) is 4.81. The van der Waals surface area contributed by atoms with Crippen LogP contribution in [-0.4, -0.2) is 9.81 Å². The predicted molar refractivity (Wildman–Crippen MR) is 60.5 cm³/mol. The van der Waals surface area contributed by atoms with Gasteiger partial charge in [-0.05, 0) is 19.3 Å². The predicted octanol–water partition coefficient (Wildman–Crippen LogP) is 3.31. The van der Waals surface area contributed by atoms with Crippen molar-refractivity contribution in [2.45, 2.75) is 30.0 Å². The number of nitrogens with zero attached hydrogens (tertiary/aromatic N) is 2. The van der Waals surface area contributed by atoms with E-state index in [1.165, 1.54) is 5.01 Å². The van der Waals surface area contributed by atoms with E-state index in [0.717, 1.165) is 19.3 Å². The third-order valence-corrected chi connectivity index (χ3v) is 4.32. The number of aromatic nitrogens is 1. The van der Waals surface area contributed by atoms with Crippen LogP contribution in [0.5, 0.6) is 0 Å². The van der Waals surface area contributed by atoms with Gasteiger partial charge in [-0.1, -0.05) is 15.9 Å². The highest BCUT2D eigenvalue weighted by Gasteiger charge is 2.29. The van der Waals surface area contributed by atoms with E-state index in [9.17, 15) is 0 Å². The molecule has 0 N–H and O–H groups in total. The van der Waals surface area contributed by atoms with Crippen molar-refractivity contribution >= 4 is 27.3 Å². The number of hydrogen-bond donors (Lipinski definition) is 0. The molecule has 1 saturated carbocycles. The number of halogens is 1. The number of thiazole rings is 1. The summed E-state index contributed by atoms with van der Waals surface area (Å²) in [6, 6.07) is 2.37. The van der Waals surface area contributed by atoms with Gasteiger partial charge in [-0.15, -0.1) is 11.3 Å². The first-order chi connectivity index (χ1) is 6.79. The highest BCUT2D eigenvalue weighted by molar-refractivity contribution is 9.09. The Morgan fingerprint density at radius 3 is 3.00 bits per heavy atom. The Morgan fingerprint density at radius 1 is 1.50 bits per heavy atom. The Kier molecular flexibility index (Phi) is 3.19. The number of rotatable bonds is 1. The zero-order valence-electron chi connectivity index (χ0n) is 7.69. The lowest BCUT2D eigenvalue weighted by molar-refractivity contribution is 0.391. The van der Waals surface area contributed by atoms with Crippen molar-refractivity contribution < 1.29 is 0 Å². The standard InChI is InChI=1S/C10H11BrN2S/c11-9-4-7(6-12)3-8(5-9)10-13-1-2-14-10/h1-2,7-9H,3-5H2. The van der Waals surface area contributed by atoms with Crippen LogP contribution in [0.15, 0.2) is 11.6 Å². The van der Waals surface area contributed by atoms with E-state index in [1.807, 2.05) is 11.6 Å². The molecule has 1 aromatic rings. The van der Waals surface area contributed by atoms with E-state index in [1.54, 1.807) is 11.3 Å². The molecule has 3 atom stereocenters. The van der Waals surface area contributed by atoms with Gasteiger partial charge in [-0.25, -0.2) is 4.98 Å². The van der Waals surface area contributed by atoms with E-state index >= 15 is 0 Å². The molecule has 4 heteroatoms. The lowest BCUT2D eigenvalue weighted by Crippen LogP contribution is -2.20. The van der Waals surface area contributed by atoms with Gasteiger partial charge in [0.2, 0.25) is 0 Å². The number of hydrogen-bond acceptors (Lipinski definition) is 3. The highest BCUT2D eigenvalue weighted by Crippen LogP contribution is 2.39. The zero-order valence-corrected chi connectivity index (χ0v) is 10.1. The van der Waals surface area contributed by atoms with Gasteiger partial charge in [0.25, 0.3) is 0 Å². The molecule has 2 nitrogen and oxygen atoms in total. The molecule has 1 fully saturated rings. The van der Waals surface area contributed by atoms with Crippen molar-refractivity contribution in [2.75, 3.05) is 0 Å². The van der Waals surface area contributed by atoms with Gasteiger partial charge in [-0.3, -0.25) is 0 Å². The van der Waals surface area contributed by atoms with E-state index < -0.39 is 0 Å². The van der Waals surface area contributed by atoms with Crippen LogP contribution in [0.1, 0.15) is 30.2 Å². The molecule has 1 aromatic heterocycles. The minimum atomic E-state index is 0.196. The molecule has 3 unspecified atom stereocenters. The molecular formula is C10H11BrN2S. The Balaban J connectivity index is 2.10. The smallest absolute Gasteiger partial charge is 0.0956 e. The first-order valence-corrected chi connectivity index (χ1v) is 6.52. The maximum Gasteiger partial charge on any atom is 0.0956 e. The van der Waals surface area contributed by atoms with Crippen LogP contribution in [0.25, 0.3) is 0 Å². The lowest BCUT2D eigenvalue weighted by atomic mass is 9.82. The number of alkyl halides is 1. The monoisotopic (exact) mass is 270 g/mol.